The number of methoxy groups -OCH3 is 3. The number of aromatic nitrogens is 1. The maximum Gasteiger partial charge on any atom is 0.426 e. The van der Waals surface area contributed by atoms with Crippen LogP contribution in [0.5, 0.6) is 5.75 Å². The number of rotatable bonds is 18. The number of amides is 4. The van der Waals surface area contributed by atoms with E-state index in [-0.39, 0.29) is 67.0 Å². The lowest BCUT2D eigenvalue weighted by atomic mass is 9.47. The zero-order chi connectivity index (χ0) is 66.8. The summed E-state index contributed by atoms with van der Waals surface area (Å²) in [7, 11) is 8.85. The molecule has 94 heavy (non-hydrogen) atoms. The molecule has 9 N–H and O–H groups in total. The van der Waals surface area contributed by atoms with Crippen molar-refractivity contribution in [1.29, 1.82) is 0 Å². The number of ketones is 2. The molecular formula is C66H84N10O16S2. The number of H-pyrrole nitrogens is 1. The van der Waals surface area contributed by atoms with Gasteiger partial charge in [-0.2, -0.15) is 0 Å². The number of fused-ring (bicyclic) bond motifs is 10. The molecule has 14 atom stereocenters. The first kappa shape index (κ1) is 65.6. The summed E-state index contributed by atoms with van der Waals surface area (Å²) in [5.74, 6) is -2.48. The highest BCUT2D eigenvalue weighted by molar-refractivity contribution is 8.76. The van der Waals surface area contributed by atoms with Crippen molar-refractivity contribution in [3.8, 4) is 5.75 Å². The van der Waals surface area contributed by atoms with Gasteiger partial charge in [0, 0.05) is 127 Å². The molecule has 3 aromatic rings. The average Bonchev–Trinajstić information content (AvgIpc) is 1.47. The second kappa shape index (κ2) is 24.2. The molecule has 4 amide bonds. The molecule has 9 heterocycles. The van der Waals surface area contributed by atoms with E-state index in [1.54, 1.807) is 32.9 Å². The quantitative estimate of drug-likeness (QED) is 0.0132. The molecule has 28 heteroatoms. The number of carbonyl (C=O) groups is 7. The van der Waals surface area contributed by atoms with Crippen LogP contribution in [-0.4, -0.2) is 234 Å². The second-order valence-electron chi connectivity index (χ2n) is 26.7. The van der Waals surface area contributed by atoms with E-state index >= 15 is 9.59 Å². The molecule has 4 saturated heterocycles. The number of carbonyl (C=O) groups excluding carboxylic acids is 7. The molecule has 26 nitrogen and oxygen atoms in total. The molecule has 1 aromatic heterocycles. The lowest BCUT2D eigenvalue weighted by Crippen LogP contribution is -2.82. The number of nitrogens with two attached hydrogens (primary N) is 1. The number of nitrogens with one attached hydrogen (secondary N) is 4. The van der Waals surface area contributed by atoms with Crippen LogP contribution in [0, 0.1) is 17.3 Å². The molecule has 2 aliphatic carbocycles. The number of benzene rings is 2. The summed E-state index contributed by atoms with van der Waals surface area (Å²) in [6.45, 7) is 10.3. The van der Waals surface area contributed by atoms with E-state index < -0.39 is 105 Å². The fourth-order valence-electron chi connectivity index (χ4n) is 18.9. The predicted molar refractivity (Wildman–Crippen MR) is 346 cm³/mol. The number of allylic oxidation sites excluding steroid dienone is 2. The summed E-state index contributed by atoms with van der Waals surface area (Å²) >= 11 is 0. The molecule has 13 rings (SSSR count). The van der Waals surface area contributed by atoms with Gasteiger partial charge in [0.2, 0.25) is 11.6 Å². The number of hydrogen-bond acceptors (Lipinski definition) is 23. The van der Waals surface area contributed by atoms with Gasteiger partial charge in [-0.15, -0.1) is 0 Å². The number of piperazine rings is 1. The van der Waals surface area contributed by atoms with E-state index in [1.807, 2.05) is 61.2 Å². The van der Waals surface area contributed by atoms with E-state index in [9.17, 15) is 39.3 Å². The predicted octanol–water partition coefficient (Wildman–Crippen LogP) is 3.25. The Morgan fingerprint density at radius 1 is 0.894 bits per heavy atom. The van der Waals surface area contributed by atoms with Gasteiger partial charge in [0.05, 0.1) is 49.2 Å². The van der Waals surface area contributed by atoms with Gasteiger partial charge >= 0.3 is 24.2 Å². The Hall–Kier alpha value is -7.05. The topological polar surface area (TPSA) is 329 Å². The molecule has 0 radical (unpaired) electrons. The normalized spacial score (nSPS) is 34.1. The van der Waals surface area contributed by atoms with Crippen LogP contribution in [0.3, 0.4) is 0 Å². The molecule has 1 saturated carbocycles. The highest BCUT2D eigenvalue weighted by Crippen LogP contribution is 2.68. The monoisotopic (exact) mass is 1340 g/mol. The van der Waals surface area contributed by atoms with Crippen LogP contribution in [-0.2, 0) is 60.1 Å². The first-order valence-corrected chi connectivity index (χ1v) is 34.9. The van der Waals surface area contributed by atoms with Gasteiger partial charge in [-0.05, 0) is 88.1 Å². The third-order valence-corrected chi connectivity index (χ3v) is 24.9. The number of aromatic amines is 1. The number of hydrazine groups is 1. The Morgan fingerprint density at radius 2 is 1.65 bits per heavy atom. The fourth-order valence-corrected chi connectivity index (χ4v) is 20.5. The van der Waals surface area contributed by atoms with Crippen molar-refractivity contribution in [3.63, 3.8) is 0 Å². The lowest BCUT2D eigenvalue weighted by Gasteiger charge is -2.63. The molecule has 2 aromatic carbocycles. The van der Waals surface area contributed by atoms with Gasteiger partial charge in [-0.1, -0.05) is 65.8 Å². The zero-order valence-electron chi connectivity index (χ0n) is 54.2. The van der Waals surface area contributed by atoms with Gasteiger partial charge in [0.1, 0.15) is 43.1 Å². The number of primary amides is 1. The van der Waals surface area contributed by atoms with Crippen LogP contribution in [0.25, 0.3) is 10.9 Å². The van der Waals surface area contributed by atoms with E-state index in [2.05, 4.69) is 37.0 Å². The summed E-state index contributed by atoms with van der Waals surface area (Å²) in [5, 5.41) is 42.7. The Kier molecular flexibility index (Phi) is 16.9. The van der Waals surface area contributed by atoms with Crippen molar-refractivity contribution in [1.82, 2.24) is 40.8 Å². The maximum absolute atomic E-state index is 15.6. The third kappa shape index (κ3) is 9.43. The van der Waals surface area contributed by atoms with Crippen LogP contribution in [0.15, 0.2) is 71.1 Å². The number of likely N-dealkylation sites (N-methyl/N-ethyl adjacent to an activating group) is 2. The zero-order valence-corrected chi connectivity index (χ0v) is 55.8. The SMILES string of the molecule is CCNC1=C(C)C(=O)C2=C(C1=O)[C@@H](COC(N)=O)[C@@]1(OC)[C@@H]3[C@H](CN21)N3C(=O)OCCSSCCOC(=O)NNC(=O)[C@@]1(O)[C@H](O)[C@]2(CC)C=CCN3CC[C@@]4(c5cc([C@@]6(C(=O)OC)C[C@@H]7CN(CCc8c6[nH]c6ccccc86)C[C@](O)(CC)C7)c(OC)cc5N(C)[C@@H]14)[C@@H]32. The number of hydrogen-bond donors (Lipinski definition) is 8. The standard InChI is InChI=1S/C66H84N10O16S2/c1-9-61(85)29-36-30-64(57(81)88-7,51-38(17-21-73(31-36)34-61)37-15-12-13-16-42(37)69-51)40-27-39-43(28-45(40)87-6)72(5)54-63(39)19-22-74-20-14-18-62(10-2,53(63)74)55(79)65(54,86)56(80)70-71-59(83)90-23-25-93-94-26-24-91-60(84)76-44-32-75-48-46(50(78)47(68-11-3)35(4)49(48)77)41(33-92-58(67)82)66(75,89-8)52(44)76/h12-16,18,27-28,36,41,44,52-55,68-69,79,85-86H,9-11,17,19-26,29-34H2,1-8H3,(H2,67,82)(H,70,80)(H,71,83)/t36-,41-,44+,52+,53+,54-,55-,61+,62-,63-,64+,65+,66-,76?/m1/s1. The number of piperidine rings is 1. The van der Waals surface area contributed by atoms with Crippen LogP contribution < -0.4 is 31.5 Å². The van der Waals surface area contributed by atoms with Crippen LogP contribution in [0.1, 0.15) is 82.2 Å². The first-order chi connectivity index (χ1) is 45.1. The molecule has 5 fully saturated rings. The van der Waals surface area contributed by atoms with Crippen LogP contribution in [0.2, 0.25) is 0 Å². The number of nitrogens with zero attached hydrogens (tertiary/aromatic N) is 5. The Bertz CT molecular complexity index is 3750. The largest absolute Gasteiger partial charge is 0.496 e. The maximum atomic E-state index is 15.6. The molecule has 8 aliphatic heterocycles. The number of para-hydroxylation sites is 1. The molecule has 1 spiro atoms. The minimum Gasteiger partial charge on any atom is -0.496 e. The smallest absolute Gasteiger partial charge is 0.426 e. The van der Waals surface area contributed by atoms with Crippen molar-refractivity contribution in [2.24, 2.45) is 23.0 Å². The van der Waals surface area contributed by atoms with E-state index in [0.29, 0.717) is 106 Å². The molecule has 10 aliphatic rings. The first-order valence-electron chi connectivity index (χ1n) is 32.4. The molecule has 2 bridgehead atoms. The van der Waals surface area contributed by atoms with Crippen molar-refractivity contribution >= 4 is 79.9 Å². The molecule has 1 unspecified atom stereocenters. The number of esters is 1. The fraction of sp³-hybridized carbons (Fsp3) is 0.591. The third-order valence-electron chi connectivity index (χ3n) is 22.6. The number of Topliss-reactive ketones (excluding diaryl/α,β-unsaturated/α-hetero) is 2. The van der Waals surface area contributed by atoms with Crippen LogP contribution in [0.4, 0.5) is 20.1 Å². The number of ether oxygens (including phenoxy) is 6. The van der Waals surface area contributed by atoms with Gasteiger partial charge in [0.25, 0.3) is 5.91 Å². The van der Waals surface area contributed by atoms with Gasteiger partial charge in [0.15, 0.2) is 11.3 Å². The minimum absolute atomic E-state index is 0.00305. The molecular weight excluding hydrogens is 1250 g/mol. The number of aliphatic hydroxyl groups excluding tert-OH is 1. The molecule has 506 valence electrons. The van der Waals surface area contributed by atoms with E-state index in [1.165, 1.54) is 40.7 Å². The van der Waals surface area contributed by atoms with Gasteiger partial charge < -0.3 is 69.6 Å². The lowest BCUT2D eigenvalue weighted by molar-refractivity contribution is -0.204. The summed E-state index contributed by atoms with van der Waals surface area (Å²) in [5.41, 5.74) is 6.43. The van der Waals surface area contributed by atoms with Crippen LogP contribution >= 0.6 is 21.6 Å². The number of aliphatic hydroxyl groups is 3. The second-order valence-corrected chi connectivity index (χ2v) is 29.4. The van der Waals surface area contributed by atoms with E-state index in [4.69, 9.17) is 34.2 Å². The summed E-state index contributed by atoms with van der Waals surface area (Å²) in [6.07, 6.45) is 2.07. The summed E-state index contributed by atoms with van der Waals surface area (Å²) < 4.78 is 35.0. The van der Waals surface area contributed by atoms with E-state index in [0.717, 1.165) is 22.0 Å². The highest BCUT2D eigenvalue weighted by atomic mass is 33.1. The van der Waals surface area contributed by atoms with Crippen molar-refractivity contribution in [2.45, 2.75) is 124 Å². The highest BCUT2D eigenvalue weighted by Gasteiger charge is 2.80. The minimum atomic E-state index is -2.60. The Labute approximate surface area is 552 Å². The van der Waals surface area contributed by atoms with Gasteiger partial charge in [-0.25, -0.2) is 19.8 Å². The summed E-state index contributed by atoms with van der Waals surface area (Å²) in [6, 6.07) is 9.26. The van der Waals surface area contributed by atoms with Crippen molar-refractivity contribution in [2.75, 3.05) is 110 Å². The Balaban J connectivity index is 0.693. The van der Waals surface area contributed by atoms with Gasteiger partial charge in [-0.3, -0.25) is 39.3 Å². The van der Waals surface area contributed by atoms with Crippen molar-refractivity contribution in [3.05, 3.63) is 93.5 Å². The average molecular weight is 1340 g/mol. The summed E-state index contributed by atoms with van der Waals surface area (Å²) in [4.78, 5) is 111. The Morgan fingerprint density at radius 3 is 2.35 bits per heavy atom. The van der Waals surface area contributed by atoms with Crippen molar-refractivity contribution < 1.29 is 77.3 Å². The number of anilines is 1.